The number of carbonyl (C=O) groups excluding carboxylic acids is 1. The van der Waals surface area contributed by atoms with Gasteiger partial charge in [0.2, 0.25) is 0 Å². The van der Waals surface area contributed by atoms with Crippen molar-refractivity contribution in [3.63, 3.8) is 0 Å². The summed E-state index contributed by atoms with van der Waals surface area (Å²) in [5, 5.41) is 0. The lowest BCUT2D eigenvalue weighted by Crippen LogP contribution is -2.52. The first-order valence-electron chi connectivity index (χ1n) is 5.99. The van der Waals surface area contributed by atoms with Crippen LogP contribution in [0.1, 0.15) is 47.0 Å². The predicted octanol–water partition coefficient (Wildman–Crippen LogP) is 3.28. The Labute approximate surface area is 87.3 Å². The third kappa shape index (κ3) is 1.24. The fourth-order valence-electron chi connectivity index (χ4n) is 3.79. The summed E-state index contributed by atoms with van der Waals surface area (Å²) in [6.45, 7) is 8.96. The van der Waals surface area contributed by atoms with Crippen molar-refractivity contribution in [3.05, 3.63) is 0 Å². The number of fused-ring (bicyclic) bond motifs is 3. The maximum Gasteiger partial charge on any atom is 0.141 e. The van der Waals surface area contributed by atoms with Crippen molar-refractivity contribution in [2.45, 2.75) is 47.0 Å². The maximum absolute atomic E-state index is 12.1. The summed E-state index contributed by atoms with van der Waals surface area (Å²) in [6, 6.07) is 0. The van der Waals surface area contributed by atoms with E-state index < -0.39 is 0 Å². The molecular weight excluding hydrogens is 172 g/mol. The van der Waals surface area contributed by atoms with Crippen LogP contribution in [0.3, 0.4) is 0 Å². The average molecular weight is 194 g/mol. The molecule has 0 radical (unpaired) electrons. The van der Waals surface area contributed by atoms with Crippen LogP contribution in [0.4, 0.5) is 0 Å². The van der Waals surface area contributed by atoms with Crippen LogP contribution in [0.2, 0.25) is 0 Å². The van der Waals surface area contributed by atoms with Gasteiger partial charge in [-0.25, -0.2) is 0 Å². The van der Waals surface area contributed by atoms with E-state index in [4.69, 9.17) is 0 Å². The van der Waals surface area contributed by atoms with Crippen LogP contribution < -0.4 is 0 Å². The van der Waals surface area contributed by atoms with Gasteiger partial charge in [0.25, 0.3) is 0 Å². The molecule has 0 saturated heterocycles. The molecule has 3 saturated carbocycles. The highest BCUT2D eigenvalue weighted by Crippen LogP contribution is 2.54. The smallest absolute Gasteiger partial charge is 0.141 e. The lowest BCUT2D eigenvalue weighted by Gasteiger charge is -2.52. The second-order valence-electron chi connectivity index (χ2n) is 6.11. The Hall–Kier alpha value is -0.330. The number of Topliss-reactive ketones (excluding diaryl/α,β-unsaturated/α-hetero) is 1. The molecule has 0 N–H and O–H groups in total. The summed E-state index contributed by atoms with van der Waals surface area (Å²) in [7, 11) is 0. The zero-order chi connectivity index (χ0) is 10.5. The molecule has 3 rings (SSSR count). The Kier molecular flexibility index (Phi) is 2.24. The molecule has 0 aliphatic heterocycles. The van der Waals surface area contributed by atoms with E-state index in [1.807, 2.05) is 0 Å². The van der Waals surface area contributed by atoms with E-state index in [9.17, 15) is 4.79 Å². The lowest BCUT2D eigenvalue weighted by atomic mass is 9.51. The molecule has 1 nitrogen and oxygen atoms in total. The molecular formula is C13H22O. The van der Waals surface area contributed by atoms with Gasteiger partial charge in [0.1, 0.15) is 5.78 Å². The van der Waals surface area contributed by atoms with E-state index in [-0.39, 0.29) is 5.41 Å². The summed E-state index contributed by atoms with van der Waals surface area (Å²) >= 11 is 0. The second-order valence-corrected chi connectivity index (χ2v) is 6.11. The Morgan fingerprint density at radius 1 is 1.29 bits per heavy atom. The van der Waals surface area contributed by atoms with Crippen molar-refractivity contribution in [2.24, 2.45) is 29.1 Å². The summed E-state index contributed by atoms with van der Waals surface area (Å²) in [5.74, 6) is 3.13. The molecule has 0 aromatic carbocycles. The average Bonchev–Trinajstić information content (AvgIpc) is 2.13. The van der Waals surface area contributed by atoms with Crippen LogP contribution in [-0.4, -0.2) is 5.78 Å². The van der Waals surface area contributed by atoms with Crippen molar-refractivity contribution >= 4 is 5.78 Å². The van der Waals surface area contributed by atoms with Crippen molar-refractivity contribution in [1.29, 1.82) is 0 Å². The maximum atomic E-state index is 12.1. The highest BCUT2D eigenvalue weighted by molar-refractivity contribution is 5.88. The largest absolute Gasteiger partial charge is 0.299 e. The van der Waals surface area contributed by atoms with Gasteiger partial charge in [-0.1, -0.05) is 27.7 Å². The molecule has 3 aliphatic carbocycles. The summed E-state index contributed by atoms with van der Waals surface area (Å²) in [4.78, 5) is 12.1. The van der Waals surface area contributed by atoms with Gasteiger partial charge in [-0.3, -0.25) is 4.79 Å². The Morgan fingerprint density at radius 3 is 2.43 bits per heavy atom. The van der Waals surface area contributed by atoms with E-state index >= 15 is 0 Å². The van der Waals surface area contributed by atoms with Crippen LogP contribution in [-0.2, 0) is 4.79 Å². The van der Waals surface area contributed by atoms with Crippen molar-refractivity contribution in [3.8, 4) is 0 Å². The molecule has 0 spiro atoms. The topological polar surface area (TPSA) is 17.1 Å². The van der Waals surface area contributed by atoms with E-state index in [1.54, 1.807) is 0 Å². The van der Waals surface area contributed by atoms with Gasteiger partial charge in [-0.2, -0.15) is 0 Å². The Bertz CT molecular complexity index is 252. The molecule has 3 unspecified atom stereocenters. The number of hydrogen-bond acceptors (Lipinski definition) is 1. The second kappa shape index (κ2) is 3.08. The zero-order valence-corrected chi connectivity index (χ0v) is 9.84. The molecule has 14 heavy (non-hydrogen) atoms. The number of carbonyl (C=O) groups is 1. The fraction of sp³-hybridized carbons (Fsp3) is 0.923. The Balaban J connectivity index is 2.29. The molecule has 0 aromatic heterocycles. The molecule has 80 valence electrons. The molecule has 0 heterocycles. The van der Waals surface area contributed by atoms with E-state index in [0.29, 0.717) is 17.6 Å². The normalized spacial score (nSPS) is 40.6. The minimum absolute atomic E-state index is 0.0316. The number of ketones is 1. The summed E-state index contributed by atoms with van der Waals surface area (Å²) < 4.78 is 0. The van der Waals surface area contributed by atoms with Crippen LogP contribution in [0, 0.1) is 29.1 Å². The van der Waals surface area contributed by atoms with Crippen molar-refractivity contribution in [1.82, 2.24) is 0 Å². The summed E-state index contributed by atoms with van der Waals surface area (Å²) in [5.41, 5.74) is -0.0316. The Morgan fingerprint density at radius 2 is 1.93 bits per heavy atom. The van der Waals surface area contributed by atoms with Gasteiger partial charge >= 0.3 is 0 Å². The first-order valence-corrected chi connectivity index (χ1v) is 5.99. The molecule has 3 fully saturated rings. The standard InChI is InChI=1S/C13H22O/c1-8(2)10-7-9-5-6-11(10)13(3,4)12(9)14/h8-11H,5-7H2,1-4H3. The van der Waals surface area contributed by atoms with Crippen LogP contribution in [0.15, 0.2) is 0 Å². The first-order chi connectivity index (χ1) is 6.44. The van der Waals surface area contributed by atoms with Gasteiger partial charge in [-0.05, 0) is 37.0 Å². The zero-order valence-electron chi connectivity index (χ0n) is 9.84. The van der Waals surface area contributed by atoms with Crippen molar-refractivity contribution < 1.29 is 4.79 Å². The van der Waals surface area contributed by atoms with Gasteiger partial charge in [0, 0.05) is 11.3 Å². The predicted molar refractivity (Wildman–Crippen MR) is 57.9 cm³/mol. The highest BCUT2D eigenvalue weighted by atomic mass is 16.1. The monoisotopic (exact) mass is 194 g/mol. The number of hydrogen-bond donors (Lipinski definition) is 0. The molecule has 0 aromatic rings. The van der Waals surface area contributed by atoms with Crippen LogP contribution >= 0.6 is 0 Å². The third-order valence-electron chi connectivity index (χ3n) is 4.69. The highest BCUT2D eigenvalue weighted by Gasteiger charge is 2.52. The fourth-order valence-corrected chi connectivity index (χ4v) is 3.79. The number of rotatable bonds is 1. The lowest BCUT2D eigenvalue weighted by molar-refractivity contribution is -0.149. The first kappa shape index (κ1) is 10.2. The van der Waals surface area contributed by atoms with Gasteiger partial charge in [0.05, 0.1) is 0 Å². The van der Waals surface area contributed by atoms with E-state index in [2.05, 4.69) is 27.7 Å². The minimum atomic E-state index is -0.0316. The summed E-state index contributed by atoms with van der Waals surface area (Å²) in [6.07, 6.45) is 3.62. The van der Waals surface area contributed by atoms with Gasteiger partial charge in [0.15, 0.2) is 0 Å². The van der Waals surface area contributed by atoms with E-state index in [0.717, 1.165) is 18.3 Å². The third-order valence-corrected chi connectivity index (χ3v) is 4.69. The molecule has 3 aliphatic rings. The minimum Gasteiger partial charge on any atom is -0.299 e. The van der Waals surface area contributed by atoms with Gasteiger partial charge < -0.3 is 0 Å². The quantitative estimate of drug-likeness (QED) is 0.626. The SMILES string of the molecule is CC(C)C1CC2CCC1C(C)(C)C2=O. The van der Waals surface area contributed by atoms with Gasteiger partial charge in [-0.15, -0.1) is 0 Å². The van der Waals surface area contributed by atoms with E-state index in [1.165, 1.54) is 12.8 Å². The molecule has 0 amide bonds. The molecule has 2 bridgehead atoms. The van der Waals surface area contributed by atoms with Crippen LogP contribution in [0.25, 0.3) is 0 Å². The molecule has 1 heteroatoms. The molecule has 3 atom stereocenters. The van der Waals surface area contributed by atoms with Crippen molar-refractivity contribution in [2.75, 3.05) is 0 Å². The van der Waals surface area contributed by atoms with Crippen LogP contribution in [0.5, 0.6) is 0 Å².